The molecule has 0 unspecified atom stereocenters. The maximum atomic E-state index is 13.9. The van der Waals surface area contributed by atoms with Gasteiger partial charge in [-0.25, -0.2) is 4.79 Å². The van der Waals surface area contributed by atoms with Gasteiger partial charge < -0.3 is 30.7 Å². The summed E-state index contributed by atoms with van der Waals surface area (Å²) in [5, 5.41) is 25.4. The molecule has 10 heteroatoms. The van der Waals surface area contributed by atoms with E-state index in [-0.39, 0.29) is 18.2 Å². The second-order valence-electron chi connectivity index (χ2n) is 10.4. The largest absolute Gasteiger partial charge is 0.480 e. The van der Waals surface area contributed by atoms with E-state index in [0.717, 1.165) is 27.7 Å². The lowest BCUT2D eigenvalue weighted by Crippen LogP contribution is -2.60. The minimum absolute atomic E-state index is 0.252. The molecule has 0 spiro atoms. The van der Waals surface area contributed by atoms with Crippen molar-refractivity contribution >= 4 is 34.6 Å². The van der Waals surface area contributed by atoms with Crippen LogP contribution in [0.3, 0.4) is 0 Å². The van der Waals surface area contributed by atoms with E-state index >= 15 is 0 Å². The van der Waals surface area contributed by atoms with E-state index in [2.05, 4.69) is 15.6 Å². The molecule has 39 heavy (non-hydrogen) atoms. The molecular weight excluding hydrogens is 500 g/mol. The van der Waals surface area contributed by atoms with Crippen LogP contribution in [0.2, 0.25) is 0 Å². The third kappa shape index (κ3) is 4.44. The number of hydrogen-bond donors (Lipinski definition) is 5. The fourth-order valence-corrected chi connectivity index (χ4v) is 5.72. The summed E-state index contributed by atoms with van der Waals surface area (Å²) in [6.07, 6.45) is -0.555. The third-order valence-electron chi connectivity index (χ3n) is 7.99. The maximum Gasteiger partial charge on any atom is 0.328 e. The molecule has 3 heterocycles. The Balaban J connectivity index is 1.51. The number of rotatable bonds is 8. The summed E-state index contributed by atoms with van der Waals surface area (Å²) in [5.41, 5.74) is 4.07. The molecule has 204 valence electrons. The zero-order valence-corrected chi connectivity index (χ0v) is 22.0. The molecule has 0 aliphatic carbocycles. The van der Waals surface area contributed by atoms with Crippen LogP contribution in [0.5, 0.6) is 0 Å². The number of carboxylic acid groups (broad SMARTS) is 1. The monoisotopic (exact) mass is 532 g/mol. The molecule has 0 radical (unpaired) electrons. The van der Waals surface area contributed by atoms with Gasteiger partial charge in [-0.1, -0.05) is 56.7 Å². The van der Waals surface area contributed by atoms with Crippen LogP contribution in [0.1, 0.15) is 60.4 Å². The Morgan fingerprint density at radius 2 is 1.74 bits per heavy atom. The predicted molar refractivity (Wildman–Crippen MR) is 143 cm³/mol. The van der Waals surface area contributed by atoms with Crippen LogP contribution in [0.4, 0.5) is 0 Å². The highest BCUT2D eigenvalue weighted by Gasteiger charge is 2.49. The van der Waals surface area contributed by atoms with Gasteiger partial charge in [-0.05, 0) is 36.1 Å². The Kier molecular flexibility index (Phi) is 6.90. The first-order valence-corrected chi connectivity index (χ1v) is 13.2. The summed E-state index contributed by atoms with van der Waals surface area (Å²) in [6, 6.07) is 11.1. The zero-order chi connectivity index (χ0) is 28.0. The number of carboxylic acids is 1. The molecule has 3 aromatic rings. The van der Waals surface area contributed by atoms with E-state index in [4.69, 9.17) is 0 Å². The molecule has 5 N–H and O–H groups in total. The number of amides is 3. The Morgan fingerprint density at radius 1 is 1.05 bits per heavy atom. The van der Waals surface area contributed by atoms with Crippen molar-refractivity contribution in [1.82, 2.24) is 20.5 Å². The molecule has 6 atom stereocenters. The van der Waals surface area contributed by atoms with Crippen molar-refractivity contribution in [1.29, 1.82) is 0 Å². The minimum Gasteiger partial charge on any atom is -0.480 e. The molecule has 0 saturated heterocycles. The SMILES string of the molecule is CC[C@H](C)[C@H](NC(=O)[C@@H]1Cc2c([nH]c3ccccc23)[C@H]2c3ccccc3C(=O)N21)C(=O)N[C@H](C(=O)O)[C@@H](C)O. The van der Waals surface area contributed by atoms with Gasteiger partial charge in [0.1, 0.15) is 12.1 Å². The molecule has 0 bridgehead atoms. The van der Waals surface area contributed by atoms with Crippen molar-refractivity contribution in [3.8, 4) is 0 Å². The number of aliphatic hydroxyl groups is 1. The molecule has 2 aromatic carbocycles. The number of nitrogens with one attached hydrogen (secondary N) is 3. The number of aromatic amines is 1. The molecule has 3 amide bonds. The number of H-pyrrole nitrogens is 1. The third-order valence-corrected chi connectivity index (χ3v) is 7.99. The highest BCUT2D eigenvalue weighted by molar-refractivity contribution is 6.04. The lowest BCUT2D eigenvalue weighted by Gasteiger charge is -2.38. The van der Waals surface area contributed by atoms with Crippen LogP contribution in [0.25, 0.3) is 10.9 Å². The lowest BCUT2D eigenvalue weighted by molar-refractivity contribution is -0.145. The Bertz CT molecular complexity index is 1460. The molecule has 0 fully saturated rings. The Morgan fingerprint density at radius 3 is 2.44 bits per heavy atom. The molecular formula is C29H32N4O6. The number of benzene rings is 2. The lowest BCUT2D eigenvalue weighted by atomic mass is 9.89. The standard InChI is InChI=1S/C29H32N4O6/c1-4-14(2)22(27(36)32-23(15(3)34)29(38)39)31-26(35)21-13-19-16-9-7-8-12-20(16)30-24(19)25-17-10-5-6-11-18(17)28(37)33(21)25/h5-12,14-15,21-23,25,30,34H,4,13H2,1-3H3,(H,31,35)(H,32,36)(H,38,39)/t14-,15+,21-,22-,23-,25+/m0/s1. The maximum absolute atomic E-state index is 13.9. The van der Waals surface area contributed by atoms with Gasteiger partial charge >= 0.3 is 5.97 Å². The van der Waals surface area contributed by atoms with Crippen LogP contribution in [0.15, 0.2) is 48.5 Å². The van der Waals surface area contributed by atoms with Gasteiger partial charge in [-0.2, -0.15) is 0 Å². The summed E-state index contributed by atoms with van der Waals surface area (Å²) in [5.74, 6) is -3.19. The highest BCUT2D eigenvalue weighted by Crippen LogP contribution is 2.46. The fraction of sp³-hybridized carbons (Fsp3) is 0.379. The summed E-state index contributed by atoms with van der Waals surface area (Å²) >= 11 is 0. The van der Waals surface area contributed by atoms with E-state index in [9.17, 15) is 29.4 Å². The molecule has 2 aliphatic rings. The highest BCUT2D eigenvalue weighted by atomic mass is 16.4. The number of aliphatic carboxylic acids is 1. The van der Waals surface area contributed by atoms with Crippen molar-refractivity contribution in [2.45, 2.75) is 63.9 Å². The number of hydrogen-bond acceptors (Lipinski definition) is 5. The van der Waals surface area contributed by atoms with Gasteiger partial charge in [-0.3, -0.25) is 14.4 Å². The van der Waals surface area contributed by atoms with E-state index in [1.165, 1.54) is 6.92 Å². The van der Waals surface area contributed by atoms with Crippen molar-refractivity contribution in [2.24, 2.45) is 5.92 Å². The summed E-state index contributed by atoms with van der Waals surface area (Å²) < 4.78 is 0. The van der Waals surface area contributed by atoms with Gasteiger partial charge in [0.25, 0.3) is 5.91 Å². The van der Waals surface area contributed by atoms with Gasteiger partial charge in [0.2, 0.25) is 11.8 Å². The number of nitrogens with zero attached hydrogens (tertiary/aromatic N) is 1. The fourth-order valence-electron chi connectivity index (χ4n) is 5.72. The number of aromatic nitrogens is 1. The van der Waals surface area contributed by atoms with Crippen LogP contribution in [-0.2, 0) is 20.8 Å². The number of para-hydroxylation sites is 1. The second-order valence-corrected chi connectivity index (χ2v) is 10.4. The Hall–Kier alpha value is -4.18. The number of carbonyl (C=O) groups is 4. The summed E-state index contributed by atoms with van der Waals surface area (Å²) in [6.45, 7) is 4.91. The van der Waals surface area contributed by atoms with Crippen LogP contribution >= 0.6 is 0 Å². The molecule has 1 aromatic heterocycles. The van der Waals surface area contributed by atoms with Crippen molar-refractivity contribution < 1.29 is 29.4 Å². The van der Waals surface area contributed by atoms with Crippen LogP contribution < -0.4 is 10.6 Å². The normalized spacial score (nSPS) is 20.8. The number of fused-ring (bicyclic) bond motifs is 7. The van der Waals surface area contributed by atoms with Crippen molar-refractivity contribution in [2.75, 3.05) is 0 Å². The van der Waals surface area contributed by atoms with Crippen molar-refractivity contribution in [3.63, 3.8) is 0 Å². The van der Waals surface area contributed by atoms with Gasteiger partial charge in [0.05, 0.1) is 12.1 Å². The average Bonchev–Trinajstić information content (AvgIpc) is 3.44. The van der Waals surface area contributed by atoms with Crippen LogP contribution in [0, 0.1) is 5.92 Å². The van der Waals surface area contributed by atoms with E-state index < -0.39 is 48.1 Å². The number of carbonyl (C=O) groups excluding carboxylic acids is 3. The quantitative estimate of drug-likeness (QED) is 0.300. The molecule has 5 rings (SSSR count). The number of aliphatic hydroxyl groups excluding tert-OH is 1. The minimum atomic E-state index is -1.52. The first-order valence-electron chi connectivity index (χ1n) is 13.2. The van der Waals surface area contributed by atoms with Gasteiger partial charge in [-0.15, -0.1) is 0 Å². The van der Waals surface area contributed by atoms with E-state index in [1.54, 1.807) is 24.0 Å². The molecule has 10 nitrogen and oxygen atoms in total. The zero-order valence-electron chi connectivity index (χ0n) is 22.0. The smallest absolute Gasteiger partial charge is 0.328 e. The second kappa shape index (κ2) is 10.2. The Labute approximate surface area is 225 Å². The predicted octanol–water partition coefficient (Wildman–Crippen LogP) is 2.12. The summed E-state index contributed by atoms with van der Waals surface area (Å²) in [7, 11) is 0. The first kappa shape index (κ1) is 26.4. The first-order chi connectivity index (χ1) is 18.6. The summed E-state index contributed by atoms with van der Waals surface area (Å²) in [4.78, 5) is 57.4. The average molecular weight is 533 g/mol. The van der Waals surface area contributed by atoms with Gasteiger partial charge in [0.15, 0.2) is 6.04 Å². The molecule has 0 saturated carbocycles. The van der Waals surface area contributed by atoms with Crippen LogP contribution in [-0.4, -0.2) is 68.0 Å². The molecule has 2 aliphatic heterocycles. The van der Waals surface area contributed by atoms with E-state index in [1.807, 2.05) is 43.3 Å². The van der Waals surface area contributed by atoms with E-state index in [0.29, 0.717) is 12.0 Å². The van der Waals surface area contributed by atoms with Gasteiger partial charge in [0, 0.05) is 28.6 Å². The topological polar surface area (TPSA) is 152 Å². The van der Waals surface area contributed by atoms with Crippen molar-refractivity contribution in [3.05, 3.63) is 70.9 Å².